The fraction of sp³-hybridized carbons (Fsp3) is 0.143. The monoisotopic (exact) mass is 306 g/mol. The summed E-state index contributed by atoms with van der Waals surface area (Å²) >= 11 is 0. The van der Waals surface area contributed by atoms with Gasteiger partial charge in [0.15, 0.2) is 0 Å². The van der Waals surface area contributed by atoms with E-state index in [1.54, 1.807) is 13.0 Å². The number of rotatable bonds is 4. The lowest BCUT2D eigenvalue weighted by Crippen LogP contribution is -2.03. The van der Waals surface area contributed by atoms with Crippen molar-refractivity contribution in [1.29, 1.82) is 0 Å². The van der Waals surface area contributed by atoms with Gasteiger partial charge in [-0.25, -0.2) is 0 Å². The summed E-state index contributed by atoms with van der Waals surface area (Å²) in [7, 11) is 0. The van der Waals surface area contributed by atoms with Crippen LogP contribution >= 0.6 is 13.5 Å². The second kappa shape index (κ2) is 6.85. The predicted octanol–water partition coefficient (Wildman–Crippen LogP) is 3.52. The van der Waals surface area contributed by atoms with Crippen LogP contribution in [0.15, 0.2) is 42.5 Å². The summed E-state index contributed by atoms with van der Waals surface area (Å²) in [6.07, 6.45) is 0.296. The fourth-order valence-corrected chi connectivity index (χ4v) is 2.10. The van der Waals surface area contributed by atoms with Gasteiger partial charge in [0.1, 0.15) is 0 Å². The first-order valence-corrected chi connectivity index (χ1v) is 5.96. The van der Waals surface area contributed by atoms with Crippen LogP contribution in [-0.4, -0.2) is 9.85 Å². The number of aryl methyl sites for hydroxylation is 1. The number of benzene rings is 2. The van der Waals surface area contributed by atoms with Crippen LogP contribution in [0.1, 0.15) is 16.7 Å². The van der Waals surface area contributed by atoms with Gasteiger partial charge in [0, 0.05) is 18.1 Å². The Hall–Kier alpha value is -2.41. The molecule has 2 rings (SSSR count). The third-order valence-corrected chi connectivity index (χ3v) is 3.10. The second-order valence-corrected chi connectivity index (χ2v) is 4.41. The maximum Gasteiger partial charge on any atom is 0.349 e. The van der Waals surface area contributed by atoms with E-state index in [-0.39, 0.29) is 13.5 Å². The predicted molar refractivity (Wildman–Crippen MR) is 84.1 cm³/mol. The maximum atomic E-state index is 11.2. The average Bonchev–Trinajstić information content (AvgIpc) is 2.41. The minimum atomic E-state index is -0.716. The number of hydrogen-bond donors (Lipinski definition) is 0. The molecule has 0 radical (unpaired) electrons. The molecular formula is C14H14N2O4S. The molecular weight excluding hydrogens is 292 g/mol. The quantitative estimate of drug-likeness (QED) is 0.639. The Balaban J connectivity index is 0.00000220. The van der Waals surface area contributed by atoms with E-state index in [1.165, 1.54) is 6.07 Å². The van der Waals surface area contributed by atoms with Crippen LogP contribution in [0.25, 0.3) is 0 Å². The van der Waals surface area contributed by atoms with Crippen LogP contribution in [0.2, 0.25) is 0 Å². The third kappa shape index (κ3) is 3.57. The summed E-state index contributed by atoms with van der Waals surface area (Å²) in [6.45, 7) is 1.72. The highest BCUT2D eigenvalue weighted by Crippen LogP contribution is 2.34. The summed E-state index contributed by atoms with van der Waals surface area (Å²) in [5, 5.41) is 22.1. The van der Waals surface area contributed by atoms with E-state index >= 15 is 0 Å². The molecule has 0 aliphatic heterocycles. The van der Waals surface area contributed by atoms with E-state index in [9.17, 15) is 20.2 Å². The average molecular weight is 306 g/mol. The summed E-state index contributed by atoms with van der Waals surface area (Å²) in [4.78, 5) is 20.7. The van der Waals surface area contributed by atoms with Crippen LogP contribution in [-0.2, 0) is 6.42 Å². The van der Waals surface area contributed by atoms with Crippen LogP contribution < -0.4 is 0 Å². The third-order valence-electron chi connectivity index (χ3n) is 3.10. The van der Waals surface area contributed by atoms with Gasteiger partial charge >= 0.3 is 11.4 Å². The minimum Gasteiger partial charge on any atom is -0.258 e. The molecule has 2 aromatic carbocycles. The largest absolute Gasteiger partial charge is 0.349 e. The number of nitro benzene ring substituents is 2. The molecule has 0 spiro atoms. The van der Waals surface area contributed by atoms with E-state index in [0.29, 0.717) is 17.5 Å². The van der Waals surface area contributed by atoms with E-state index < -0.39 is 21.2 Å². The Bertz CT molecular complexity index is 674. The second-order valence-electron chi connectivity index (χ2n) is 4.41. The van der Waals surface area contributed by atoms with Crippen LogP contribution in [0.5, 0.6) is 0 Å². The van der Waals surface area contributed by atoms with Gasteiger partial charge in [-0.1, -0.05) is 36.4 Å². The summed E-state index contributed by atoms with van der Waals surface area (Å²) in [5.74, 6) is 0. The highest BCUT2D eigenvalue weighted by molar-refractivity contribution is 7.59. The van der Waals surface area contributed by atoms with Crippen molar-refractivity contribution in [3.8, 4) is 0 Å². The molecule has 0 heterocycles. The highest BCUT2D eigenvalue weighted by atomic mass is 32.1. The number of nitro groups is 2. The molecule has 0 amide bonds. The molecule has 21 heavy (non-hydrogen) atoms. The Morgan fingerprint density at radius 3 is 2.10 bits per heavy atom. The summed E-state index contributed by atoms with van der Waals surface area (Å²) < 4.78 is 0. The molecule has 0 aliphatic rings. The zero-order valence-corrected chi connectivity index (χ0v) is 12.3. The van der Waals surface area contributed by atoms with Crippen molar-refractivity contribution in [1.82, 2.24) is 0 Å². The van der Waals surface area contributed by atoms with Crippen molar-refractivity contribution in [3.05, 3.63) is 79.4 Å². The minimum absolute atomic E-state index is 0. The van der Waals surface area contributed by atoms with Crippen molar-refractivity contribution >= 4 is 24.9 Å². The molecule has 0 saturated heterocycles. The first-order valence-electron chi connectivity index (χ1n) is 5.96. The SMILES string of the molecule is Cc1ccc([N+](=O)[O-])c([N+](=O)[O-])c1Cc1ccccc1.S. The molecule has 0 aromatic heterocycles. The standard InChI is InChI=1S/C14H12N2O4.H2S/c1-10-7-8-13(15(17)18)14(16(19)20)12(10)9-11-5-3-2-4-6-11;/h2-8H,9H2,1H3;1H2. The van der Waals surface area contributed by atoms with E-state index in [2.05, 4.69) is 0 Å². The van der Waals surface area contributed by atoms with Gasteiger partial charge < -0.3 is 0 Å². The van der Waals surface area contributed by atoms with Gasteiger partial charge in [0.25, 0.3) is 0 Å². The lowest BCUT2D eigenvalue weighted by molar-refractivity contribution is -0.423. The van der Waals surface area contributed by atoms with Crippen LogP contribution in [0.4, 0.5) is 11.4 Å². The lowest BCUT2D eigenvalue weighted by atomic mass is 9.98. The van der Waals surface area contributed by atoms with E-state index in [4.69, 9.17) is 0 Å². The van der Waals surface area contributed by atoms with Gasteiger partial charge in [-0.3, -0.25) is 20.2 Å². The van der Waals surface area contributed by atoms with Crippen LogP contribution in [0.3, 0.4) is 0 Å². The van der Waals surface area contributed by atoms with Gasteiger partial charge in [-0.15, -0.1) is 0 Å². The topological polar surface area (TPSA) is 86.3 Å². The summed E-state index contributed by atoms with van der Waals surface area (Å²) in [5.41, 5.74) is 1.05. The molecule has 110 valence electrons. The van der Waals surface area contributed by atoms with Crippen molar-refractivity contribution in [2.45, 2.75) is 13.3 Å². The Morgan fingerprint density at radius 2 is 1.57 bits per heavy atom. The van der Waals surface area contributed by atoms with Crippen molar-refractivity contribution in [2.75, 3.05) is 0 Å². The Morgan fingerprint density at radius 1 is 0.952 bits per heavy atom. The van der Waals surface area contributed by atoms with E-state index in [0.717, 1.165) is 5.56 Å². The molecule has 6 nitrogen and oxygen atoms in total. The van der Waals surface area contributed by atoms with Gasteiger partial charge in [0.2, 0.25) is 0 Å². The Labute approximate surface area is 128 Å². The molecule has 0 aliphatic carbocycles. The summed E-state index contributed by atoms with van der Waals surface area (Å²) in [6, 6.07) is 11.9. The zero-order chi connectivity index (χ0) is 14.7. The molecule has 0 bridgehead atoms. The molecule has 2 aromatic rings. The van der Waals surface area contributed by atoms with Crippen LogP contribution in [0, 0.1) is 27.2 Å². The zero-order valence-electron chi connectivity index (χ0n) is 11.3. The van der Waals surface area contributed by atoms with Gasteiger partial charge in [-0.2, -0.15) is 13.5 Å². The molecule has 7 heteroatoms. The molecule has 0 fully saturated rings. The smallest absolute Gasteiger partial charge is 0.258 e. The molecule has 0 atom stereocenters. The fourth-order valence-electron chi connectivity index (χ4n) is 2.10. The highest BCUT2D eigenvalue weighted by Gasteiger charge is 2.29. The molecule has 0 unspecified atom stereocenters. The number of nitrogens with zero attached hydrogens (tertiary/aromatic N) is 2. The van der Waals surface area contributed by atoms with Crippen molar-refractivity contribution in [2.24, 2.45) is 0 Å². The van der Waals surface area contributed by atoms with Crippen molar-refractivity contribution in [3.63, 3.8) is 0 Å². The van der Waals surface area contributed by atoms with E-state index in [1.807, 2.05) is 30.3 Å². The Kier molecular flexibility index (Phi) is 5.43. The molecule has 0 N–H and O–H groups in total. The molecule has 0 saturated carbocycles. The number of hydrogen-bond acceptors (Lipinski definition) is 4. The van der Waals surface area contributed by atoms with Gasteiger partial charge in [-0.05, 0) is 18.1 Å². The van der Waals surface area contributed by atoms with Crippen molar-refractivity contribution < 1.29 is 9.85 Å². The first-order chi connectivity index (χ1) is 9.50. The maximum absolute atomic E-state index is 11.2. The normalized spacial score (nSPS) is 9.76. The first kappa shape index (κ1) is 16.6. The lowest BCUT2D eigenvalue weighted by Gasteiger charge is -2.07. The van der Waals surface area contributed by atoms with Gasteiger partial charge in [0.05, 0.1) is 9.85 Å².